The molecule has 4 aliphatic rings. The van der Waals surface area contributed by atoms with Crippen LogP contribution in [0.15, 0.2) is 72.3 Å². The Hall–Kier alpha value is -4.52. The molecule has 2 aliphatic heterocycles. The van der Waals surface area contributed by atoms with Crippen LogP contribution in [-0.4, -0.2) is 53.0 Å². The van der Waals surface area contributed by atoms with Crippen molar-refractivity contribution < 1.29 is 43.5 Å². The van der Waals surface area contributed by atoms with Crippen LogP contribution >= 0.6 is 11.6 Å². The summed E-state index contributed by atoms with van der Waals surface area (Å²) in [6.07, 6.45) is 2.04. The predicted molar refractivity (Wildman–Crippen MR) is 169 cm³/mol. The van der Waals surface area contributed by atoms with Crippen molar-refractivity contribution in [2.45, 2.75) is 25.7 Å². The third-order valence-electron chi connectivity index (χ3n) is 10.4. The number of allylic oxidation sites excluding steroid dienone is 2. The monoisotopic (exact) mass is 658 g/mol. The summed E-state index contributed by atoms with van der Waals surface area (Å²) >= 11 is 6.06. The largest absolute Gasteiger partial charge is 0.508 e. The van der Waals surface area contributed by atoms with Crippen LogP contribution in [0.5, 0.6) is 11.5 Å². The Morgan fingerprint density at radius 1 is 0.936 bits per heavy atom. The lowest BCUT2D eigenvalue weighted by atomic mass is 9.51. The number of phenols is 1. The Kier molecular flexibility index (Phi) is 7.30. The van der Waals surface area contributed by atoms with Gasteiger partial charge in [-0.05, 0) is 73.6 Å². The van der Waals surface area contributed by atoms with Gasteiger partial charge in [0.15, 0.2) is 0 Å². The number of halogens is 2. The normalized spacial score (nSPS) is 28.2. The van der Waals surface area contributed by atoms with Gasteiger partial charge in [0.05, 0.1) is 46.7 Å². The van der Waals surface area contributed by atoms with Gasteiger partial charge >= 0.3 is 7.12 Å². The number of amides is 4. The van der Waals surface area contributed by atoms with Gasteiger partial charge in [0, 0.05) is 11.5 Å². The van der Waals surface area contributed by atoms with Gasteiger partial charge in [-0.15, -0.1) is 0 Å². The lowest BCUT2D eigenvalue weighted by Gasteiger charge is -2.49. The number of nitrogens with zero attached hydrogens (tertiary/aromatic N) is 2. The third-order valence-corrected chi connectivity index (χ3v) is 10.7. The molecule has 10 nitrogen and oxygen atoms in total. The zero-order valence-electron chi connectivity index (χ0n) is 25.3. The summed E-state index contributed by atoms with van der Waals surface area (Å²) in [5.74, 6) is -7.01. The molecule has 3 N–H and O–H groups in total. The maximum atomic E-state index is 14.6. The van der Waals surface area contributed by atoms with Gasteiger partial charge in [0.1, 0.15) is 17.3 Å². The first-order chi connectivity index (χ1) is 22.4. The van der Waals surface area contributed by atoms with Crippen molar-refractivity contribution in [2.24, 2.45) is 29.1 Å². The SMILES string of the molecule is COc1cccc(O)c1[C@H]1C2=CC[C@@H]3C(=O)N(c4cccc(B(O)O)c4)C(=O)[C@@H]3[C@@H]2C[C@H]2C(=O)N(c3ccc(F)c(Cl)c3)C(=O)[C@@]12C. The maximum absolute atomic E-state index is 14.6. The predicted octanol–water partition coefficient (Wildman–Crippen LogP) is 3.31. The van der Waals surface area contributed by atoms with Crippen molar-refractivity contribution in [3.05, 3.63) is 88.7 Å². The summed E-state index contributed by atoms with van der Waals surface area (Å²) in [6, 6.07) is 14.1. The fourth-order valence-corrected chi connectivity index (χ4v) is 8.45. The van der Waals surface area contributed by atoms with Crippen molar-refractivity contribution in [3.8, 4) is 11.5 Å². The Bertz CT molecular complexity index is 1920. The number of carbonyl (C=O) groups excluding carboxylic acids is 4. The zero-order chi connectivity index (χ0) is 33.5. The Labute approximate surface area is 274 Å². The van der Waals surface area contributed by atoms with Gasteiger partial charge in [-0.3, -0.25) is 24.1 Å². The average Bonchev–Trinajstić information content (AvgIpc) is 3.42. The lowest BCUT2D eigenvalue weighted by molar-refractivity contribution is -0.131. The summed E-state index contributed by atoms with van der Waals surface area (Å²) in [7, 11) is -0.388. The molecule has 1 saturated carbocycles. The first-order valence-corrected chi connectivity index (χ1v) is 15.5. The van der Waals surface area contributed by atoms with Crippen molar-refractivity contribution >= 4 is 59.2 Å². The minimum atomic E-state index is -1.81. The second-order valence-corrected chi connectivity index (χ2v) is 13.0. The molecule has 13 heteroatoms. The second-order valence-electron chi connectivity index (χ2n) is 12.6. The van der Waals surface area contributed by atoms with E-state index < -0.39 is 71.6 Å². The van der Waals surface area contributed by atoms with Gasteiger partial charge in [-0.1, -0.05) is 41.4 Å². The molecule has 3 aromatic rings. The topological polar surface area (TPSA) is 145 Å². The van der Waals surface area contributed by atoms with Crippen LogP contribution in [0.4, 0.5) is 15.8 Å². The summed E-state index contributed by atoms with van der Waals surface area (Å²) in [4.78, 5) is 59.0. The number of aromatic hydroxyl groups is 1. The molecule has 7 rings (SSSR count). The van der Waals surface area contributed by atoms with Crippen molar-refractivity contribution in [2.75, 3.05) is 16.9 Å². The number of methoxy groups -OCH3 is 1. The van der Waals surface area contributed by atoms with E-state index in [9.17, 15) is 38.7 Å². The molecule has 240 valence electrons. The van der Waals surface area contributed by atoms with Crippen LogP contribution in [0.2, 0.25) is 5.02 Å². The number of hydrogen-bond acceptors (Lipinski definition) is 8. The molecule has 0 unspecified atom stereocenters. The van der Waals surface area contributed by atoms with Gasteiger partial charge in [0.25, 0.3) is 0 Å². The highest BCUT2D eigenvalue weighted by Gasteiger charge is 2.68. The van der Waals surface area contributed by atoms with Crippen molar-refractivity contribution in [3.63, 3.8) is 0 Å². The quantitative estimate of drug-likeness (QED) is 0.215. The molecule has 0 radical (unpaired) electrons. The highest BCUT2D eigenvalue weighted by Crippen LogP contribution is 2.65. The highest BCUT2D eigenvalue weighted by molar-refractivity contribution is 6.58. The molecule has 3 aromatic carbocycles. The first-order valence-electron chi connectivity index (χ1n) is 15.1. The van der Waals surface area contributed by atoms with Crippen LogP contribution in [0.1, 0.15) is 31.2 Å². The van der Waals surface area contributed by atoms with E-state index in [4.69, 9.17) is 16.3 Å². The molecule has 2 aliphatic carbocycles. The number of carbonyl (C=O) groups is 4. The van der Waals surface area contributed by atoms with E-state index in [0.29, 0.717) is 5.57 Å². The van der Waals surface area contributed by atoms with Gasteiger partial charge in [0.2, 0.25) is 23.6 Å². The summed E-state index contributed by atoms with van der Waals surface area (Å²) in [6.45, 7) is 1.66. The maximum Gasteiger partial charge on any atom is 0.488 e. The smallest absolute Gasteiger partial charge is 0.488 e. The van der Waals surface area contributed by atoms with Crippen LogP contribution in [-0.2, 0) is 19.2 Å². The summed E-state index contributed by atoms with van der Waals surface area (Å²) in [5.41, 5.74) is -0.191. The minimum Gasteiger partial charge on any atom is -0.508 e. The molecule has 47 heavy (non-hydrogen) atoms. The Balaban J connectivity index is 1.38. The molecule has 4 amide bonds. The minimum absolute atomic E-state index is 0.0498. The number of benzene rings is 3. The molecule has 0 bridgehead atoms. The van der Waals surface area contributed by atoms with Crippen molar-refractivity contribution in [1.29, 1.82) is 0 Å². The Morgan fingerprint density at radius 2 is 1.66 bits per heavy atom. The van der Waals surface area contributed by atoms with E-state index in [2.05, 4.69) is 0 Å². The fourth-order valence-electron chi connectivity index (χ4n) is 8.27. The number of anilines is 2. The number of rotatable bonds is 5. The van der Waals surface area contributed by atoms with E-state index in [0.717, 1.165) is 15.9 Å². The van der Waals surface area contributed by atoms with Crippen LogP contribution in [0, 0.1) is 34.9 Å². The van der Waals surface area contributed by atoms with Crippen LogP contribution in [0.25, 0.3) is 0 Å². The van der Waals surface area contributed by atoms with E-state index in [1.165, 1.54) is 49.6 Å². The molecule has 0 spiro atoms. The molecule has 6 atom stereocenters. The molecule has 0 aromatic heterocycles. The Morgan fingerprint density at radius 3 is 2.36 bits per heavy atom. The van der Waals surface area contributed by atoms with Crippen LogP contribution in [0.3, 0.4) is 0 Å². The fraction of sp³-hybridized carbons (Fsp3) is 0.294. The van der Waals surface area contributed by atoms with E-state index in [-0.39, 0.29) is 51.8 Å². The van der Waals surface area contributed by atoms with Gasteiger partial charge in [-0.25, -0.2) is 9.29 Å². The number of ether oxygens (including phenoxy) is 1. The standard InChI is InChI=1S/C34H29BClFN2O8/c1-34-22(31(42)39(33(34)44)18-9-12-24(37)23(36)14-18)15-21-19(29(34)28-25(40)7-4-8-26(28)47-2)10-11-20-27(21)32(43)38(30(20)41)17-6-3-5-16(13-17)35(45)46/h3-10,12-14,20-22,27,29,40,45-46H,11,15H2,1-2H3/t20-,21+,22-,27-,29+,34+/m0/s1. The number of fused-ring (bicyclic) bond motifs is 4. The van der Waals surface area contributed by atoms with E-state index in [1.54, 1.807) is 19.1 Å². The van der Waals surface area contributed by atoms with Crippen molar-refractivity contribution in [1.82, 2.24) is 0 Å². The average molecular weight is 659 g/mol. The molecular formula is C34H29BClFN2O8. The molecular weight excluding hydrogens is 630 g/mol. The zero-order valence-corrected chi connectivity index (χ0v) is 26.0. The van der Waals surface area contributed by atoms with Gasteiger partial charge < -0.3 is 19.9 Å². The third kappa shape index (κ3) is 4.38. The number of phenolic OH excluding ortho intramolecular Hbond substituents is 1. The lowest BCUT2D eigenvalue weighted by Crippen LogP contribution is -2.49. The highest BCUT2D eigenvalue weighted by atomic mass is 35.5. The number of hydrogen-bond donors (Lipinski definition) is 3. The van der Waals surface area contributed by atoms with Gasteiger partial charge in [-0.2, -0.15) is 0 Å². The van der Waals surface area contributed by atoms with E-state index >= 15 is 0 Å². The molecule has 2 saturated heterocycles. The summed E-state index contributed by atoms with van der Waals surface area (Å²) in [5, 5.41) is 30.5. The summed E-state index contributed by atoms with van der Waals surface area (Å²) < 4.78 is 19.8. The first kappa shape index (κ1) is 31.1. The molecule has 3 fully saturated rings. The molecule has 2 heterocycles. The number of imide groups is 2. The van der Waals surface area contributed by atoms with Crippen LogP contribution < -0.4 is 20.0 Å². The second kappa shape index (κ2) is 11.0. The van der Waals surface area contributed by atoms with E-state index in [1.807, 2.05) is 6.08 Å².